The Balaban J connectivity index is 2.86. The van der Waals surface area contributed by atoms with Gasteiger partial charge in [0.05, 0.1) is 0 Å². The molecule has 0 radical (unpaired) electrons. The fraction of sp³-hybridized carbons (Fsp3) is 1.00. The van der Waals surface area contributed by atoms with Crippen LogP contribution in [-0.4, -0.2) is 19.0 Å². The Bertz CT molecular complexity index is 121. The molecule has 0 fully saturated rings. The van der Waals surface area contributed by atoms with Crippen LogP contribution in [0.3, 0.4) is 0 Å². The summed E-state index contributed by atoms with van der Waals surface area (Å²) in [5.41, 5.74) is 0. The molecule has 0 rings (SSSR count). The molecule has 0 aliphatic rings. The van der Waals surface area contributed by atoms with E-state index in [4.69, 9.17) is 0 Å². The molecule has 0 aliphatic heterocycles. The van der Waals surface area contributed by atoms with E-state index in [0.717, 1.165) is 0 Å². The highest BCUT2D eigenvalue weighted by atomic mass is 28.2. The van der Waals surface area contributed by atoms with E-state index in [1.54, 1.807) is 37.0 Å². The largest absolute Gasteiger partial charge is 0.0657 e. The lowest BCUT2D eigenvalue weighted by Gasteiger charge is -2.02. The predicted octanol–water partition coefficient (Wildman–Crippen LogP) is 4.94. The molecule has 0 aromatic heterocycles. The van der Waals surface area contributed by atoms with Gasteiger partial charge in [-0.05, 0) is 0 Å². The zero-order valence-corrected chi connectivity index (χ0v) is 16.1. The van der Waals surface area contributed by atoms with Gasteiger partial charge < -0.3 is 0 Å². The Kier molecular flexibility index (Phi) is 17.9. The summed E-state index contributed by atoms with van der Waals surface area (Å²) in [6.45, 7) is 4.66. The van der Waals surface area contributed by atoms with Crippen molar-refractivity contribution in [3.8, 4) is 0 Å². The summed E-state index contributed by atoms with van der Waals surface area (Å²) in [6.07, 6.45) is 15.1. The van der Waals surface area contributed by atoms with Crippen LogP contribution in [0, 0.1) is 0 Å². The highest BCUT2D eigenvalue weighted by Crippen LogP contribution is 2.11. The fourth-order valence-corrected chi connectivity index (χ4v) is 5.74. The third kappa shape index (κ3) is 16.4. The second kappa shape index (κ2) is 17.4. The van der Waals surface area contributed by atoms with Crippen LogP contribution in [0.1, 0.15) is 78.1 Å². The second-order valence-corrected chi connectivity index (χ2v) is 10.2. The van der Waals surface area contributed by atoms with Crippen molar-refractivity contribution in [3.63, 3.8) is 0 Å². The van der Waals surface area contributed by atoms with Crippen molar-refractivity contribution in [2.24, 2.45) is 0 Å². The molecule has 0 atom stereocenters. The lowest BCUT2D eigenvalue weighted by atomic mass is 10.1. The first kappa shape index (κ1) is 18.4. The quantitative estimate of drug-likeness (QED) is 0.295. The van der Waals surface area contributed by atoms with Crippen LogP contribution in [0.2, 0.25) is 24.2 Å². The van der Waals surface area contributed by atoms with E-state index in [9.17, 15) is 0 Å². The molecule has 0 unspecified atom stereocenters. The van der Waals surface area contributed by atoms with E-state index in [1.807, 2.05) is 0 Å². The van der Waals surface area contributed by atoms with Crippen LogP contribution >= 0.6 is 0 Å². The summed E-state index contributed by atoms with van der Waals surface area (Å²) in [4.78, 5) is 0. The van der Waals surface area contributed by atoms with Gasteiger partial charge >= 0.3 is 0 Å². The molecule has 0 N–H and O–H groups in total. The number of hydrogen-bond acceptors (Lipinski definition) is 0. The van der Waals surface area contributed by atoms with Gasteiger partial charge in [0.2, 0.25) is 0 Å². The first-order valence-electron chi connectivity index (χ1n) is 8.91. The van der Waals surface area contributed by atoms with E-state index in [1.165, 1.54) is 51.4 Å². The third-order valence-corrected chi connectivity index (χ3v) is 8.37. The van der Waals surface area contributed by atoms with E-state index < -0.39 is 0 Å². The van der Waals surface area contributed by atoms with E-state index in [2.05, 4.69) is 13.8 Å². The molecular weight excluding hydrogens is 248 g/mol. The summed E-state index contributed by atoms with van der Waals surface area (Å²) >= 11 is 0. The zero-order chi connectivity index (χ0) is 13.3. The maximum absolute atomic E-state index is 2.33. The maximum atomic E-state index is 2.33. The van der Waals surface area contributed by atoms with Crippen LogP contribution < -0.4 is 0 Å². The first-order valence-corrected chi connectivity index (χ1v) is 12.9. The topological polar surface area (TPSA) is 0 Å². The van der Waals surface area contributed by atoms with Crippen molar-refractivity contribution < 1.29 is 0 Å². The van der Waals surface area contributed by atoms with Crippen LogP contribution in [0.5, 0.6) is 0 Å². The molecule has 110 valence electrons. The molecule has 0 heterocycles. The van der Waals surface area contributed by atoms with Gasteiger partial charge in [-0.1, -0.05) is 102 Å². The van der Waals surface area contributed by atoms with E-state index in [0.29, 0.717) is 19.0 Å². The Morgan fingerprint density at radius 2 is 0.778 bits per heavy atom. The van der Waals surface area contributed by atoms with Crippen LogP contribution in [0.15, 0.2) is 0 Å². The molecule has 0 saturated heterocycles. The summed E-state index contributed by atoms with van der Waals surface area (Å²) < 4.78 is 0. The minimum Gasteiger partial charge on any atom is -0.0657 e. The average molecular weight is 287 g/mol. The lowest BCUT2D eigenvalue weighted by molar-refractivity contribution is 0.584. The summed E-state index contributed by atoms with van der Waals surface area (Å²) in [5, 5.41) is 0. The van der Waals surface area contributed by atoms with Crippen LogP contribution in [0.25, 0.3) is 0 Å². The van der Waals surface area contributed by atoms with Crippen LogP contribution in [0.4, 0.5) is 0 Å². The fourth-order valence-electron chi connectivity index (χ4n) is 2.62. The van der Waals surface area contributed by atoms with Gasteiger partial charge in [-0.25, -0.2) is 0 Å². The molecule has 18 heavy (non-hydrogen) atoms. The molecule has 0 amide bonds. The molecule has 0 nitrogen and oxygen atoms in total. The molecule has 0 aliphatic carbocycles. The Labute approximate surface area is 121 Å². The number of rotatable bonds is 15. The van der Waals surface area contributed by atoms with Crippen molar-refractivity contribution >= 4 is 19.0 Å². The normalized spacial score (nSPS) is 12.3. The van der Waals surface area contributed by atoms with E-state index in [-0.39, 0.29) is 0 Å². The molecule has 0 aromatic carbocycles. The molecule has 0 saturated carbocycles. The first-order chi connectivity index (χ1) is 8.91. The van der Waals surface area contributed by atoms with Crippen molar-refractivity contribution in [1.29, 1.82) is 0 Å². The monoisotopic (exact) mass is 286 g/mol. The van der Waals surface area contributed by atoms with Gasteiger partial charge in [-0.3, -0.25) is 0 Å². The number of unbranched alkanes of at least 4 members (excludes halogenated alkanes) is 7. The Morgan fingerprint density at radius 3 is 1.11 bits per heavy atom. The smallest absolute Gasteiger partial charge is 0.0197 e. The molecule has 0 bridgehead atoms. The number of hydrogen-bond donors (Lipinski definition) is 0. The molecule has 2 heteroatoms. The Hall–Kier alpha value is 0.434. The standard InChI is InChI=1S/C16H38Si2/c1-3-13-17-15-11-9-7-5-6-8-10-12-16-18-14-4-2/h3-18H2,1-2H3. The molecule has 0 spiro atoms. The Morgan fingerprint density at radius 1 is 0.444 bits per heavy atom. The highest BCUT2D eigenvalue weighted by molar-refractivity contribution is 6.35. The van der Waals surface area contributed by atoms with Gasteiger partial charge in [0, 0.05) is 19.0 Å². The average Bonchev–Trinajstić information content (AvgIpc) is 2.39. The lowest BCUT2D eigenvalue weighted by Crippen LogP contribution is -1.89. The third-order valence-electron chi connectivity index (χ3n) is 3.96. The van der Waals surface area contributed by atoms with Gasteiger partial charge in [-0.15, -0.1) is 0 Å². The van der Waals surface area contributed by atoms with Crippen LogP contribution in [-0.2, 0) is 0 Å². The maximum Gasteiger partial charge on any atom is 0.0197 e. The van der Waals surface area contributed by atoms with Gasteiger partial charge in [-0.2, -0.15) is 0 Å². The van der Waals surface area contributed by atoms with Crippen molar-refractivity contribution in [1.82, 2.24) is 0 Å². The van der Waals surface area contributed by atoms with E-state index >= 15 is 0 Å². The van der Waals surface area contributed by atoms with Crippen molar-refractivity contribution in [2.75, 3.05) is 0 Å². The zero-order valence-electron chi connectivity index (χ0n) is 13.3. The van der Waals surface area contributed by atoms with Gasteiger partial charge in [0.15, 0.2) is 0 Å². The summed E-state index contributed by atoms with van der Waals surface area (Å²) in [5.74, 6) is 0. The van der Waals surface area contributed by atoms with Crippen molar-refractivity contribution in [2.45, 2.75) is 102 Å². The summed E-state index contributed by atoms with van der Waals surface area (Å²) in [7, 11) is 0.714. The minimum atomic E-state index is 0.357. The SMILES string of the molecule is CCC[SiH2]CCCCCCCCCC[SiH2]CCC. The van der Waals surface area contributed by atoms with Gasteiger partial charge in [0.1, 0.15) is 0 Å². The van der Waals surface area contributed by atoms with Gasteiger partial charge in [0.25, 0.3) is 0 Å². The summed E-state index contributed by atoms with van der Waals surface area (Å²) in [6, 6.07) is 6.41. The molecular formula is C16H38Si2. The highest BCUT2D eigenvalue weighted by Gasteiger charge is 1.94. The predicted molar refractivity (Wildman–Crippen MR) is 93.8 cm³/mol. The second-order valence-electron chi connectivity index (χ2n) is 5.95. The minimum absolute atomic E-state index is 0.357. The molecule has 0 aromatic rings. The van der Waals surface area contributed by atoms with Crippen molar-refractivity contribution in [3.05, 3.63) is 0 Å².